The van der Waals surface area contributed by atoms with Gasteiger partial charge in [-0.1, -0.05) is 24.3 Å². The molecule has 0 bridgehead atoms. The second-order valence-corrected chi connectivity index (χ2v) is 13.7. The monoisotopic (exact) mass is 750 g/mol. The Balaban J connectivity index is 0.00000506. The van der Waals surface area contributed by atoms with Crippen molar-refractivity contribution in [2.24, 2.45) is 0 Å². The summed E-state index contributed by atoms with van der Waals surface area (Å²) in [5.74, 6) is 2.63. The van der Waals surface area contributed by atoms with Gasteiger partial charge in [-0.05, 0) is 98.9 Å². The molecule has 45 heavy (non-hydrogen) atoms. The van der Waals surface area contributed by atoms with E-state index in [1.807, 2.05) is 54.6 Å². The van der Waals surface area contributed by atoms with Crippen LogP contribution in [0.25, 0.3) is 22.3 Å². The Morgan fingerprint density at radius 2 is 0.933 bits per heavy atom. The Bertz CT molecular complexity index is 1240. The maximum Gasteiger partial charge on any atom is 0.127 e. The first kappa shape index (κ1) is 40.8. The van der Waals surface area contributed by atoms with E-state index in [1.165, 1.54) is 51.6 Å². The van der Waals surface area contributed by atoms with Crippen LogP contribution in [0.4, 0.5) is 0 Å². The zero-order valence-electron chi connectivity index (χ0n) is 28.6. The molecule has 0 radical (unpaired) electrons. The summed E-state index contributed by atoms with van der Waals surface area (Å²) in [7, 11) is 15.1. The summed E-state index contributed by atoms with van der Waals surface area (Å²) >= 11 is 0. The molecule has 0 atom stereocenters. The highest BCUT2D eigenvalue weighted by atomic mass is 79.9. The molecule has 0 aliphatic rings. The molecule has 252 valence electrons. The second kappa shape index (κ2) is 20.1. The number of hydrogen-bond donors (Lipinski definition) is 1. The molecule has 0 saturated heterocycles. The highest BCUT2D eigenvalue weighted by Crippen LogP contribution is 2.41. The van der Waals surface area contributed by atoms with Crippen LogP contribution in [-0.2, 0) is 0 Å². The largest absolute Gasteiger partial charge is 1.00 e. The zero-order valence-corrected chi connectivity index (χ0v) is 31.8. The van der Waals surface area contributed by atoms with E-state index >= 15 is 0 Å². The van der Waals surface area contributed by atoms with Crippen LogP contribution in [0.15, 0.2) is 60.7 Å². The van der Waals surface area contributed by atoms with Crippen molar-refractivity contribution in [3.05, 3.63) is 60.7 Å². The topological polar surface area (TPSA) is 47.9 Å². The molecule has 0 heterocycles. The minimum absolute atomic E-state index is 0. The Hall–Kier alpha value is -2.26. The van der Waals surface area contributed by atoms with Gasteiger partial charge in [-0.15, -0.1) is 0 Å². The molecule has 1 N–H and O–H groups in total. The molecular formula is C37H56Br2N2O4. The number of aromatic hydroxyl groups is 1. The predicted octanol–water partition coefficient (Wildman–Crippen LogP) is 2.03. The van der Waals surface area contributed by atoms with E-state index in [2.05, 4.69) is 42.3 Å². The van der Waals surface area contributed by atoms with Gasteiger partial charge in [0.25, 0.3) is 0 Å². The van der Waals surface area contributed by atoms with Crippen LogP contribution in [0, 0.1) is 0 Å². The molecule has 3 rings (SSSR count). The molecule has 8 heteroatoms. The lowest BCUT2D eigenvalue weighted by Crippen LogP contribution is -3.00. The number of quaternary nitrogens is 2. The van der Waals surface area contributed by atoms with Gasteiger partial charge in [-0.25, -0.2) is 0 Å². The number of unbranched alkanes of at least 4 members (excludes halogenated alkanes) is 6. The average Bonchev–Trinajstić information content (AvgIpc) is 2.95. The zero-order chi connectivity index (χ0) is 31.3. The Morgan fingerprint density at radius 1 is 0.533 bits per heavy atom. The maximum atomic E-state index is 11.0. The summed E-state index contributed by atoms with van der Waals surface area (Å²) < 4.78 is 19.7. The summed E-state index contributed by atoms with van der Waals surface area (Å²) in [6, 6.07) is 19.6. The third-order valence-electron chi connectivity index (χ3n) is 7.63. The number of methoxy groups -OCH3 is 1. The summed E-state index contributed by atoms with van der Waals surface area (Å²) in [5, 5.41) is 11.0. The molecule has 3 aromatic carbocycles. The van der Waals surface area contributed by atoms with Gasteiger partial charge in [0, 0.05) is 11.1 Å². The highest BCUT2D eigenvalue weighted by molar-refractivity contribution is 5.81. The van der Waals surface area contributed by atoms with Crippen molar-refractivity contribution in [1.29, 1.82) is 0 Å². The molecule has 0 fully saturated rings. The minimum atomic E-state index is 0. The molecule has 6 nitrogen and oxygen atoms in total. The van der Waals surface area contributed by atoms with Crippen molar-refractivity contribution >= 4 is 0 Å². The molecule has 3 aromatic rings. The Labute approximate surface area is 294 Å². The number of phenolic OH excluding ortho intramolecular Hbond substituents is 1. The van der Waals surface area contributed by atoms with Gasteiger partial charge in [0.1, 0.15) is 23.0 Å². The lowest BCUT2D eigenvalue weighted by atomic mass is 9.98. The van der Waals surface area contributed by atoms with Gasteiger partial charge < -0.3 is 62.2 Å². The van der Waals surface area contributed by atoms with Gasteiger partial charge >= 0.3 is 0 Å². The smallest absolute Gasteiger partial charge is 0.127 e. The van der Waals surface area contributed by atoms with Crippen LogP contribution in [0.3, 0.4) is 0 Å². The van der Waals surface area contributed by atoms with E-state index in [1.54, 1.807) is 13.2 Å². The van der Waals surface area contributed by atoms with E-state index < -0.39 is 0 Å². The number of rotatable bonds is 19. The Kier molecular flexibility index (Phi) is 18.2. The second-order valence-electron chi connectivity index (χ2n) is 13.7. The first-order valence-electron chi connectivity index (χ1n) is 15.9. The number of nitrogens with zero attached hydrogens (tertiary/aromatic N) is 2. The summed E-state index contributed by atoms with van der Waals surface area (Å²) in [4.78, 5) is 0. The number of hydrogen-bond acceptors (Lipinski definition) is 4. The van der Waals surface area contributed by atoms with E-state index in [-0.39, 0.29) is 39.7 Å². The third kappa shape index (κ3) is 15.3. The van der Waals surface area contributed by atoms with Crippen molar-refractivity contribution in [1.82, 2.24) is 0 Å². The van der Waals surface area contributed by atoms with Gasteiger partial charge in [0.2, 0.25) is 0 Å². The molecular weight excluding hydrogens is 696 g/mol. The number of benzene rings is 3. The van der Waals surface area contributed by atoms with Crippen LogP contribution >= 0.6 is 0 Å². The van der Waals surface area contributed by atoms with Crippen LogP contribution in [0.2, 0.25) is 0 Å². The van der Waals surface area contributed by atoms with E-state index in [4.69, 9.17) is 14.2 Å². The van der Waals surface area contributed by atoms with Gasteiger partial charge in [0.05, 0.1) is 75.7 Å². The lowest BCUT2D eigenvalue weighted by Gasteiger charge is -2.23. The van der Waals surface area contributed by atoms with Crippen LogP contribution < -0.4 is 48.2 Å². The van der Waals surface area contributed by atoms with Gasteiger partial charge in [-0.2, -0.15) is 0 Å². The molecule has 0 aliphatic carbocycles. The van der Waals surface area contributed by atoms with Crippen molar-refractivity contribution < 1.29 is 62.2 Å². The van der Waals surface area contributed by atoms with E-state index in [0.717, 1.165) is 68.8 Å². The molecule has 0 unspecified atom stereocenters. The minimum Gasteiger partial charge on any atom is -1.00 e. The molecule has 0 saturated carbocycles. The fourth-order valence-electron chi connectivity index (χ4n) is 5.12. The first-order valence-corrected chi connectivity index (χ1v) is 15.9. The van der Waals surface area contributed by atoms with Crippen LogP contribution in [-0.4, -0.2) is 89.8 Å². The SMILES string of the molecule is COc1cc(-c2ccc(OCCCCCC[N+](C)(C)C)cc2)c(O)cc1-c1ccc(OCCCCCC[N+](C)(C)C)cc1.[Br-].[Br-]. The molecule has 0 aliphatic heterocycles. The van der Waals surface area contributed by atoms with Crippen molar-refractivity contribution in [2.75, 3.05) is 75.7 Å². The fourth-order valence-corrected chi connectivity index (χ4v) is 5.12. The molecule has 0 spiro atoms. The Morgan fingerprint density at radius 3 is 1.33 bits per heavy atom. The third-order valence-corrected chi connectivity index (χ3v) is 7.63. The quantitative estimate of drug-likeness (QED) is 0.151. The summed E-state index contributed by atoms with van der Waals surface area (Å²) in [6.07, 6.45) is 9.48. The van der Waals surface area contributed by atoms with Crippen LogP contribution in [0.5, 0.6) is 23.0 Å². The maximum absolute atomic E-state index is 11.0. The summed E-state index contributed by atoms with van der Waals surface area (Å²) in [5.41, 5.74) is 3.45. The highest BCUT2D eigenvalue weighted by Gasteiger charge is 2.14. The van der Waals surface area contributed by atoms with Gasteiger partial charge in [0.15, 0.2) is 0 Å². The fraction of sp³-hybridized carbons (Fsp3) is 0.514. The molecule has 0 aromatic heterocycles. The number of ether oxygens (including phenoxy) is 3. The molecule has 0 amide bonds. The van der Waals surface area contributed by atoms with Crippen LogP contribution in [0.1, 0.15) is 51.4 Å². The first-order chi connectivity index (χ1) is 20.4. The number of phenols is 1. The normalized spacial score (nSPS) is 11.4. The summed E-state index contributed by atoms with van der Waals surface area (Å²) in [6.45, 7) is 3.86. The van der Waals surface area contributed by atoms with Gasteiger partial charge in [-0.3, -0.25) is 0 Å². The predicted molar refractivity (Wildman–Crippen MR) is 179 cm³/mol. The number of halogens is 2. The standard InChI is InChI=1S/C37H55N2O4.2BrH/c1-38(2,3)24-12-8-10-14-26-42-32-20-16-30(17-21-32)34-29-37(41-7)35(28-36(34)40)31-18-22-33(23-19-31)43-27-15-11-9-13-25-39(4,5)6;;/h16-23,28-29H,8-15,24-27H2,1-7H3;2*1H/q+1;;/p-1. The lowest BCUT2D eigenvalue weighted by molar-refractivity contribution is -0.870. The van der Waals surface area contributed by atoms with Crippen molar-refractivity contribution in [3.8, 4) is 45.3 Å². The van der Waals surface area contributed by atoms with Crippen molar-refractivity contribution in [3.63, 3.8) is 0 Å². The average molecular weight is 753 g/mol. The van der Waals surface area contributed by atoms with E-state index in [0.29, 0.717) is 5.75 Å². The van der Waals surface area contributed by atoms with E-state index in [9.17, 15) is 5.11 Å². The van der Waals surface area contributed by atoms with Crippen molar-refractivity contribution in [2.45, 2.75) is 51.4 Å².